The minimum absolute atomic E-state index is 0.0147. The van der Waals surface area contributed by atoms with Crippen molar-refractivity contribution in [3.63, 3.8) is 0 Å². The Hall–Kier alpha value is -1.38. The molecule has 0 aromatic rings. The fourth-order valence-electron chi connectivity index (χ4n) is 7.35. The Morgan fingerprint density at radius 2 is 1.96 bits per heavy atom. The van der Waals surface area contributed by atoms with E-state index in [-0.39, 0.29) is 28.7 Å². The lowest BCUT2D eigenvalue weighted by Crippen LogP contribution is -2.50. The van der Waals surface area contributed by atoms with Gasteiger partial charge in [0.05, 0.1) is 0 Å². The van der Waals surface area contributed by atoms with Gasteiger partial charge in [-0.2, -0.15) is 0 Å². The molecule has 0 heterocycles. The van der Waals surface area contributed by atoms with Crippen molar-refractivity contribution in [3.05, 3.63) is 23.8 Å². The van der Waals surface area contributed by atoms with Crippen LogP contribution in [0.1, 0.15) is 66.2 Å². The highest BCUT2D eigenvalue weighted by atomic mass is 16.5. The summed E-state index contributed by atoms with van der Waals surface area (Å²) in [6.45, 7) is 8.42. The molecule has 0 bridgehead atoms. The lowest BCUT2D eigenvalue weighted by molar-refractivity contribution is -0.152. The van der Waals surface area contributed by atoms with Crippen molar-refractivity contribution >= 4 is 11.8 Å². The number of ketones is 1. The van der Waals surface area contributed by atoms with Crippen LogP contribution in [-0.2, 0) is 14.3 Å². The number of carbonyl (C=O) groups is 2. The zero-order chi connectivity index (χ0) is 18.7. The number of hydrogen-bond donors (Lipinski definition) is 0. The average Bonchev–Trinajstić information content (AvgIpc) is 2.92. The molecule has 3 saturated carbocycles. The maximum atomic E-state index is 11.9. The Kier molecular flexibility index (Phi) is 4.20. The number of esters is 1. The van der Waals surface area contributed by atoms with E-state index in [1.807, 2.05) is 6.08 Å². The number of allylic oxidation sites excluding steroid dienone is 4. The quantitative estimate of drug-likeness (QED) is 0.664. The van der Waals surface area contributed by atoms with Crippen molar-refractivity contribution in [1.82, 2.24) is 0 Å². The topological polar surface area (TPSA) is 43.4 Å². The number of rotatable bonds is 2. The second-order valence-electron chi connectivity index (χ2n) is 9.65. The van der Waals surface area contributed by atoms with Gasteiger partial charge >= 0.3 is 5.97 Å². The number of ether oxygens (including phenoxy) is 1. The fraction of sp³-hybridized carbons (Fsp3) is 0.739. The molecule has 4 aliphatic rings. The van der Waals surface area contributed by atoms with Crippen LogP contribution in [0.3, 0.4) is 0 Å². The molecule has 0 aromatic heterocycles. The van der Waals surface area contributed by atoms with Gasteiger partial charge in [0.25, 0.3) is 0 Å². The van der Waals surface area contributed by atoms with Gasteiger partial charge in [0.15, 0.2) is 5.78 Å². The second-order valence-corrected chi connectivity index (χ2v) is 9.65. The molecule has 3 heteroatoms. The Morgan fingerprint density at radius 3 is 2.69 bits per heavy atom. The van der Waals surface area contributed by atoms with E-state index in [0.717, 1.165) is 12.3 Å². The standard InChI is InChI=1S/C23H32O3/c1-14(26-15(2)24)19-7-8-20-18-6-5-16-13-17(25)9-11-22(16,3)21(18)10-12-23(19,20)4/h9,11,13-14,18-21H,5-8,10,12H2,1-4H3. The summed E-state index contributed by atoms with van der Waals surface area (Å²) in [7, 11) is 0. The molecule has 0 spiro atoms. The molecule has 7 unspecified atom stereocenters. The Morgan fingerprint density at radius 1 is 1.19 bits per heavy atom. The molecule has 0 amide bonds. The third-order valence-electron chi connectivity index (χ3n) is 8.55. The Labute approximate surface area is 157 Å². The van der Waals surface area contributed by atoms with E-state index in [9.17, 15) is 9.59 Å². The summed E-state index contributed by atoms with van der Waals surface area (Å²) in [5, 5.41) is 0. The first-order valence-electron chi connectivity index (χ1n) is 10.4. The van der Waals surface area contributed by atoms with Crippen molar-refractivity contribution in [2.24, 2.45) is 34.5 Å². The zero-order valence-corrected chi connectivity index (χ0v) is 16.6. The first kappa shape index (κ1) is 18.0. The van der Waals surface area contributed by atoms with Crippen molar-refractivity contribution in [3.8, 4) is 0 Å². The summed E-state index contributed by atoms with van der Waals surface area (Å²) >= 11 is 0. The predicted molar refractivity (Wildman–Crippen MR) is 101 cm³/mol. The normalized spacial score (nSPS) is 45.2. The zero-order valence-electron chi connectivity index (χ0n) is 16.6. The summed E-state index contributed by atoms with van der Waals surface area (Å²) in [5.41, 5.74) is 1.71. The SMILES string of the molecule is CC(=O)OC(C)C1CCC2C3CCC4=CC(=O)C=CC4(C)C3CCC12C. The van der Waals surface area contributed by atoms with Gasteiger partial charge in [0, 0.05) is 18.3 Å². The van der Waals surface area contributed by atoms with Crippen molar-refractivity contribution in [1.29, 1.82) is 0 Å². The van der Waals surface area contributed by atoms with Gasteiger partial charge < -0.3 is 4.74 Å². The smallest absolute Gasteiger partial charge is 0.302 e. The highest BCUT2D eigenvalue weighted by Crippen LogP contribution is 2.66. The van der Waals surface area contributed by atoms with Crippen molar-refractivity contribution < 1.29 is 14.3 Å². The third-order valence-corrected chi connectivity index (χ3v) is 8.55. The molecule has 142 valence electrons. The molecule has 4 rings (SSSR count). The van der Waals surface area contributed by atoms with Crippen molar-refractivity contribution in [2.45, 2.75) is 72.3 Å². The summed E-state index contributed by atoms with van der Waals surface area (Å²) < 4.78 is 5.61. The molecule has 7 atom stereocenters. The largest absolute Gasteiger partial charge is 0.463 e. The Balaban J connectivity index is 1.60. The van der Waals surface area contributed by atoms with Crippen LogP contribution in [0.5, 0.6) is 0 Å². The highest BCUT2D eigenvalue weighted by molar-refractivity contribution is 6.01. The molecular weight excluding hydrogens is 324 g/mol. The van der Waals surface area contributed by atoms with Crippen LogP contribution in [0.15, 0.2) is 23.8 Å². The van der Waals surface area contributed by atoms with E-state index in [0.29, 0.717) is 17.8 Å². The van der Waals surface area contributed by atoms with Gasteiger partial charge in [-0.25, -0.2) is 0 Å². The monoisotopic (exact) mass is 356 g/mol. The molecule has 0 radical (unpaired) electrons. The van der Waals surface area contributed by atoms with E-state index in [2.05, 4.69) is 26.8 Å². The first-order chi connectivity index (χ1) is 12.3. The molecule has 0 saturated heterocycles. The van der Waals surface area contributed by atoms with Crippen LogP contribution in [-0.4, -0.2) is 17.9 Å². The van der Waals surface area contributed by atoms with Crippen molar-refractivity contribution in [2.75, 3.05) is 0 Å². The van der Waals surface area contributed by atoms with Gasteiger partial charge in [0.1, 0.15) is 6.10 Å². The third kappa shape index (κ3) is 2.53. The fourth-order valence-corrected chi connectivity index (χ4v) is 7.35. The predicted octanol–water partition coefficient (Wildman–Crippen LogP) is 4.86. The molecular formula is C23H32O3. The van der Waals surface area contributed by atoms with Gasteiger partial charge in [-0.3, -0.25) is 9.59 Å². The highest BCUT2D eigenvalue weighted by Gasteiger charge is 2.59. The van der Waals surface area contributed by atoms with Crippen LogP contribution < -0.4 is 0 Å². The molecule has 3 nitrogen and oxygen atoms in total. The molecule has 0 aliphatic heterocycles. The molecule has 0 aromatic carbocycles. The minimum atomic E-state index is -0.157. The van der Waals surface area contributed by atoms with E-state index >= 15 is 0 Å². The van der Waals surface area contributed by atoms with E-state index in [1.54, 1.807) is 6.08 Å². The summed E-state index contributed by atoms with van der Waals surface area (Å²) in [6.07, 6.45) is 13.0. The lowest BCUT2D eigenvalue weighted by Gasteiger charge is -2.57. The summed E-state index contributed by atoms with van der Waals surface area (Å²) in [5.74, 6) is 2.57. The van der Waals surface area contributed by atoms with E-state index < -0.39 is 0 Å². The van der Waals surface area contributed by atoms with Crippen LogP contribution in [0, 0.1) is 34.5 Å². The number of fused-ring (bicyclic) bond motifs is 5. The van der Waals surface area contributed by atoms with Crippen LogP contribution in [0.2, 0.25) is 0 Å². The Bertz CT molecular complexity index is 690. The average molecular weight is 357 g/mol. The van der Waals surface area contributed by atoms with Crippen LogP contribution in [0.4, 0.5) is 0 Å². The number of carbonyl (C=O) groups excluding carboxylic acids is 2. The van der Waals surface area contributed by atoms with Gasteiger partial charge in [-0.1, -0.05) is 25.5 Å². The first-order valence-corrected chi connectivity index (χ1v) is 10.4. The van der Waals surface area contributed by atoms with Gasteiger partial charge in [-0.05, 0) is 80.8 Å². The minimum Gasteiger partial charge on any atom is -0.463 e. The van der Waals surface area contributed by atoms with E-state index in [1.165, 1.54) is 44.6 Å². The van der Waals surface area contributed by atoms with Crippen LogP contribution in [0.25, 0.3) is 0 Å². The maximum Gasteiger partial charge on any atom is 0.302 e. The number of hydrogen-bond acceptors (Lipinski definition) is 3. The lowest BCUT2D eigenvalue weighted by atomic mass is 9.47. The summed E-state index contributed by atoms with van der Waals surface area (Å²) in [4.78, 5) is 23.3. The molecule has 0 N–H and O–H groups in total. The molecule has 4 aliphatic carbocycles. The van der Waals surface area contributed by atoms with Gasteiger partial charge in [0.2, 0.25) is 0 Å². The van der Waals surface area contributed by atoms with Crippen LogP contribution >= 0.6 is 0 Å². The van der Waals surface area contributed by atoms with E-state index in [4.69, 9.17) is 4.74 Å². The molecule has 26 heavy (non-hydrogen) atoms. The summed E-state index contributed by atoms with van der Waals surface area (Å²) in [6, 6.07) is 0. The molecule has 3 fully saturated rings. The van der Waals surface area contributed by atoms with Gasteiger partial charge in [-0.15, -0.1) is 0 Å². The second kappa shape index (κ2) is 6.07. The maximum absolute atomic E-state index is 11.9.